The van der Waals surface area contributed by atoms with Crippen LogP contribution >= 0.6 is 22.9 Å². The lowest BCUT2D eigenvalue weighted by atomic mass is 10.5. The van der Waals surface area contributed by atoms with Crippen LogP contribution in [0.3, 0.4) is 0 Å². The summed E-state index contributed by atoms with van der Waals surface area (Å²) in [7, 11) is 0. The third-order valence-corrected chi connectivity index (χ3v) is 2.08. The number of hydrogen-bond donors (Lipinski definition) is 0. The van der Waals surface area contributed by atoms with Crippen molar-refractivity contribution in [2.75, 3.05) is 0 Å². The van der Waals surface area contributed by atoms with Crippen molar-refractivity contribution >= 4 is 22.9 Å². The molecular weight excluding hydrogens is 196 g/mol. The number of hydrogen-bond acceptors (Lipinski definition) is 5. The zero-order valence-corrected chi connectivity index (χ0v) is 7.38. The first-order valence-electron chi connectivity index (χ1n) is 3.10. The highest BCUT2D eigenvalue weighted by molar-refractivity contribution is 7.12. The van der Waals surface area contributed by atoms with E-state index in [9.17, 15) is 0 Å². The second kappa shape index (κ2) is 3.12. The van der Waals surface area contributed by atoms with E-state index in [1.165, 1.54) is 17.5 Å². The predicted octanol–water partition coefficient (Wildman–Crippen LogP) is 1.65. The fourth-order valence-corrected chi connectivity index (χ4v) is 1.38. The van der Waals surface area contributed by atoms with Crippen LogP contribution < -0.4 is 0 Å². The zero-order chi connectivity index (χ0) is 8.39. The van der Waals surface area contributed by atoms with E-state index >= 15 is 0 Å². The number of aromatic nitrogens is 4. The summed E-state index contributed by atoms with van der Waals surface area (Å²) in [5.74, 6) is 0. The summed E-state index contributed by atoms with van der Waals surface area (Å²) in [6.07, 6.45) is 3.08. The molecule has 2 aromatic heterocycles. The quantitative estimate of drug-likeness (QED) is 0.699. The number of nitrogens with zero attached hydrogens (tertiary/aromatic N) is 4. The van der Waals surface area contributed by atoms with E-state index < -0.39 is 0 Å². The monoisotopic (exact) mass is 198 g/mol. The Morgan fingerprint density at radius 3 is 2.92 bits per heavy atom. The lowest BCUT2D eigenvalue weighted by Crippen LogP contribution is -1.84. The Morgan fingerprint density at radius 1 is 1.33 bits per heavy atom. The molecule has 0 spiro atoms. The highest BCUT2D eigenvalue weighted by Crippen LogP contribution is 2.18. The van der Waals surface area contributed by atoms with Crippen LogP contribution in [0.15, 0.2) is 17.9 Å². The molecule has 2 rings (SSSR count). The summed E-state index contributed by atoms with van der Waals surface area (Å²) in [5, 5.41) is 8.61. The first-order valence-corrected chi connectivity index (χ1v) is 4.36. The van der Waals surface area contributed by atoms with Gasteiger partial charge in [0, 0.05) is 0 Å². The molecule has 0 amide bonds. The van der Waals surface area contributed by atoms with Crippen LogP contribution in [0.1, 0.15) is 0 Å². The van der Waals surface area contributed by atoms with Gasteiger partial charge in [-0.2, -0.15) is 0 Å². The third-order valence-electron chi connectivity index (χ3n) is 1.18. The molecule has 0 radical (unpaired) electrons. The summed E-state index contributed by atoms with van der Waals surface area (Å²) in [6, 6.07) is 0. The van der Waals surface area contributed by atoms with Gasteiger partial charge in [-0.25, -0.2) is 4.98 Å². The Kier molecular flexibility index (Phi) is 1.97. The molecule has 6 heteroatoms. The van der Waals surface area contributed by atoms with E-state index in [4.69, 9.17) is 11.6 Å². The summed E-state index contributed by atoms with van der Waals surface area (Å²) in [4.78, 5) is 7.91. The maximum absolute atomic E-state index is 5.64. The molecule has 0 aromatic carbocycles. The molecule has 2 aromatic rings. The average molecular weight is 199 g/mol. The van der Waals surface area contributed by atoms with Gasteiger partial charge in [-0.3, -0.25) is 4.98 Å². The van der Waals surface area contributed by atoms with E-state index in [0.717, 1.165) is 5.01 Å². The van der Waals surface area contributed by atoms with E-state index in [1.807, 2.05) is 0 Å². The summed E-state index contributed by atoms with van der Waals surface area (Å²) < 4.78 is 0. The highest BCUT2D eigenvalue weighted by Gasteiger charge is 2.03. The lowest BCUT2D eigenvalue weighted by molar-refractivity contribution is 1.08. The molecule has 2 heterocycles. The van der Waals surface area contributed by atoms with Gasteiger partial charge in [-0.05, 0) is 0 Å². The molecule has 0 atom stereocenters. The largest absolute Gasteiger partial charge is 0.259 e. The Labute approximate surface area is 77.3 Å². The van der Waals surface area contributed by atoms with Gasteiger partial charge in [-0.15, -0.1) is 10.2 Å². The van der Waals surface area contributed by atoms with Gasteiger partial charge in [0.15, 0.2) is 5.01 Å². The van der Waals surface area contributed by atoms with Crippen molar-refractivity contribution < 1.29 is 0 Å². The fourth-order valence-electron chi connectivity index (χ4n) is 0.730. The van der Waals surface area contributed by atoms with Crippen LogP contribution in [0.5, 0.6) is 0 Å². The third kappa shape index (κ3) is 1.41. The first kappa shape index (κ1) is 7.57. The maximum atomic E-state index is 5.64. The van der Waals surface area contributed by atoms with Gasteiger partial charge in [0.2, 0.25) is 0 Å². The molecule has 12 heavy (non-hydrogen) atoms. The van der Waals surface area contributed by atoms with Crippen LogP contribution in [-0.2, 0) is 0 Å². The number of halogens is 1. The predicted molar refractivity (Wildman–Crippen MR) is 45.9 cm³/mol. The van der Waals surface area contributed by atoms with Crippen molar-refractivity contribution in [1.29, 1.82) is 0 Å². The number of rotatable bonds is 1. The molecule has 0 N–H and O–H groups in total. The van der Waals surface area contributed by atoms with Crippen LogP contribution in [-0.4, -0.2) is 20.2 Å². The standard InChI is InChI=1S/C6H3ClN4S/c7-5-2-8-1-4(10-5)6-11-9-3-12-6/h1-3H. The van der Waals surface area contributed by atoms with Gasteiger partial charge in [-0.1, -0.05) is 22.9 Å². The highest BCUT2D eigenvalue weighted by atomic mass is 35.5. The van der Waals surface area contributed by atoms with Crippen LogP contribution in [0.2, 0.25) is 5.15 Å². The van der Waals surface area contributed by atoms with E-state index in [0.29, 0.717) is 10.8 Å². The molecule has 0 aliphatic heterocycles. The molecule has 4 nitrogen and oxygen atoms in total. The molecule has 0 fully saturated rings. The van der Waals surface area contributed by atoms with Crippen LogP contribution in [0.4, 0.5) is 0 Å². The van der Waals surface area contributed by atoms with E-state index in [1.54, 1.807) is 11.7 Å². The molecular formula is C6H3ClN4S. The minimum Gasteiger partial charge on any atom is -0.259 e. The SMILES string of the molecule is Clc1cncc(-c2nncs2)n1. The summed E-state index contributed by atoms with van der Waals surface area (Å²) >= 11 is 7.05. The fraction of sp³-hybridized carbons (Fsp3) is 0. The van der Waals surface area contributed by atoms with Crippen molar-refractivity contribution in [2.45, 2.75) is 0 Å². The topological polar surface area (TPSA) is 51.6 Å². The van der Waals surface area contributed by atoms with Crippen molar-refractivity contribution in [3.63, 3.8) is 0 Å². The van der Waals surface area contributed by atoms with E-state index in [-0.39, 0.29) is 0 Å². The lowest BCUT2D eigenvalue weighted by Gasteiger charge is -1.92. The van der Waals surface area contributed by atoms with Crippen molar-refractivity contribution in [3.8, 4) is 10.7 Å². The van der Waals surface area contributed by atoms with Gasteiger partial charge in [0.05, 0.1) is 12.4 Å². The maximum Gasteiger partial charge on any atom is 0.167 e. The van der Waals surface area contributed by atoms with Crippen molar-refractivity contribution in [3.05, 3.63) is 23.1 Å². The molecule has 0 saturated heterocycles. The van der Waals surface area contributed by atoms with Gasteiger partial charge in [0.25, 0.3) is 0 Å². The molecule has 0 aliphatic carbocycles. The molecule has 0 saturated carbocycles. The Morgan fingerprint density at radius 2 is 2.25 bits per heavy atom. The minimum atomic E-state index is 0.364. The van der Waals surface area contributed by atoms with Crippen LogP contribution in [0.25, 0.3) is 10.7 Å². The second-order valence-corrected chi connectivity index (χ2v) is 3.19. The minimum absolute atomic E-state index is 0.364. The van der Waals surface area contributed by atoms with Gasteiger partial charge < -0.3 is 0 Å². The Hall–Kier alpha value is -1.07. The van der Waals surface area contributed by atoms with E-state index in [2.05, 4.69) is 20.2 Å². The Bertz CT molecular complexity index is 375. The van der Waals surface area contributed by atoms with Crippen LogP contribution in [0, 0.1) is 0 Å². The average Bonchev–Trinajstić information content (AvgIpc) is 2.56. The molecule has 0 bridgehead atoms. The van der Waals surface area contributed by atoms with Crippen molar-refractivity contribution in [2.24, 2.45) is 0 Å². The smallest absolute Gasteiger partial charge is 0.167 e. The molecule has 60 valence electrons. The molecule has 0 unspecified atom stereocenters. The van der Waals surface area contributed by atoms with Crippen molar-refractivity contribution in [1.82, 2.24) is 20.2 Å². The normalized spacial score (nSPS) is 10.1. The van der Waals surface area contributed by atoms with Gasteiger partial charge >= 0.3 is 0 Å². The molecule has 0 aliphatic rings. The summed E-state index contributed by atoms with van der Waals surface area (Å²) in [6.45, 7) is 0. The second-order valence-electron chi connectivity index (χ2n) is 1.97. The Balaban J connectivity index is 2.48. The first-order chi connectivity index (χ1) is 5.86. The summed E-state index contributed by atoms with van der Waals surface area (Å²) in [5.41, 5.74) is 2.29. The zero-order valence-electron chi connectivity index (χ0n) is 5.81. The van der Waals surface area contributed by atoms with Gasteiger partial charge in [0.1, 0.15) is 16.4 Å².